The Morgan fingerprint density at radius 2 is 1.56 bits per heavy atom. The highest BCUT2D eigenvalue weighted by Crippen LogP contribution is 2.27. The molecule has 7 nitrogen and oxygen atoms in total. The third-order valence-corrected chi connectivity index (χ3v) is 6.38. The van der Waals surface area contributed by atoms with Crippen LogP contribution in [0.15, 0.2) is 77.7 Å². The summed E-state index contributed by atoms with van der Waals surface area (Å²) in [6, 6.07) is 19.2. The maximum atomic E-state index is 12.8. The van der Waals surface area contributed by atoms with Crippen molar-refractivity contribution in [2.75, 3.05) is 17.1 Å². The minimum atomic E-state index is -4.01. The number of rotatable bonds is 9. The van der Waals surface area contributed by atoms with Gasteiger partial charge in [-0.05, 0) is 42.5 Å². The number of anilines is 2. The molecule has 9 heteroatoms. The lowest BCUT2D eigenvalue weighted by molar-refractivity contribution is -0.116. The van der Waals surface area contributed by atoms with E-state index < -0.39 is 15.9 Å². The Kier molecular flexibility index (Phi) is 7.50. The molecule has 0 bridgehead atoms. The van der Waals surface area contributed by atoms with Gasteiger partial charge >= 0.3 is 0 Å². The number of ketones is 1. The van der Waals surface area contributed by atoms with Crippen LogP contribution in [0.25, 0.3) is 0 Å². The van der Waals surface area contributed by atoms with E-state index in [-0.39, 0.29) is 34.2 Å². The molecule has 3 rings (SSSR count). The first-order valence-electron chi connectivity index (χ1n) is 9.63. The number of nitrogens with one attached hydrogen (secondary N) is 2. The van der Waals surface area contributed by atoms with Gasteiger partial charge in [0.15, 0.2) is 5.78 Å². The number of amides is 1. The maximum absolute atomic E-state index is 12.8. The largest absolute Gasteiger partial charge is 0.497 e. The first-order valence-corrected chi connectivity index (χ1v) is 11.5. The molecule has 0 spiro atoms. The van der Waals surface area contributed by atoms with Crippen molar-refractivity contribution in [3.05, 3.63) is 83.4 Å². The number of methoxy groups -OCH3 is 1. The predicted molar refractivity (Wildman–Crippen MR) is 124 cm³/mol. The number of hydrogen-bond acceptors (Lipinski definition) is 5. The van der Waals surface area contributed by atoms with Crippen molar-refractivity contribution in [2.45, 2.75) is 17.7 Å². The summed E-state index contributed by atoms with van der Waals surface area (Å²) in [7, 11) is -2.50. The van der Waals surface area contributed by atoms with Crippen molar-refractivity contribution in [2.24, 2.45) is 0 Å². The number of carbonyl (C=O) groups excluding carboxylic acids is 2. The van der Waals surface area contributed by atoms with Crippen molar-refractivity contribution >= 4 is 44.7 Å². The van der Waals surface area contributed by atoms with Crippen LogP contribution >= 0.6 is 11.6 Å². The molecule has 0 heterocycles. The zero-order valence-corrected chi connectivity index (χ0v) is 18.7. The average Bonchev–Trinajstić information content (AvgIpc) is 2.79. The van der Waals surface area contributed by atoms with Gasteiger partial charge in [-0.1, -0.05) is 41.9 Å². The molecule has 0 aromatic heterocycles. The number of hydrogen-bond donors (Lipinski definition) is 2. The molecule has 2 N–H and O–H groups in total. The van der Waals surface area contributed by atoms with E-state index in [1.165, 1.54) is 25.3 Å². The number of Topliss-reactive ketones (excluding diaryl/α,β-unsaturated/α-hetero) is 1. The van der Waals surface area contributed by atoms with E-state index in [2.05, 4.69) is 10.0 Å². The van der Waals surface area contributed by atoms with E-state index in [0.717, 1.165) is 0 Å². The summed E-state index contributed by atoms with van der Waals surface area (Å²) in [4.78, 5) is 24.2. The van der Waals surface area contributed by atoms with Crippen LogP contribution in [-0.2, 0) is 14.8 Å². The molecular formula is C23H21ClN2O5S. The number of benzene rings is 3. The standard InChI is InChI=1S/C23H21ClN2O5S/c1-31-19-10-7-17(8-11-19)26-32(29,30)22-15-18(9-12-20(22)24)25-23(28)14-13-21(27)16-5-3-2-4-6-16/h2-12,15,26H,13-14H2,1H3,(H,25,28). The molecule has 0 aliphatic heterocycles. The Bertz CT molecular complexity index is 1210. The van der Waals surface area contributed by atoms with Gasteiger partial charge in [0, 0.05) is 29.8 Å². The molecule has 0 aliphatic rings. The maximum Gasteiger partial charge on any atom is 0.263 e. The topological polar surface area (TPSA) is 102 Å². The fraction of sp³-hybridized carbons (Fsp3) is 0.130. The van der Waals surface area contributed by atoms with Crippen LogP contribution in [-0.4, -0.2) is 27.2 Å². The number of halogens is 1. The van der Waals surface area contributed by atoms with E-state index >= 15 is 0 Å². The van der Waals surface area contributed by atoms with E-state index in [4.69, 9.17) is 16.3 Å². The fourth-order valence-corrected chi connectivity index (χ4v) is 4.46. The third-order valence-electron chi connectivity index (χ3n) is 4.52. The second kappa shape index (κ2) is 10.3. The normalized spacial score (nSPS) is 10.9. The minimum absolute atomic E-state index is 0.00302. The van der Waals surface area contributed by atoms with E-state index in [1.54, 1.807) is 54.6 Å². The van der Waals surface area contributed by atoms with Crippen LogP contribution in [0.5, 0.6) is 5.75 Å². The Morgan fingerprint density at radius 1 is 0.906 bits per heavy atom. The number of ether oxygens (including phenoxy) is 1. The van der Waals surface area contributed by atoms with Crippen LogP contribution < -0.4 is 14.8 Å². The van der Waals surface area contributed by atoms with Gasteiger partial charge in [0.1, 0.15) is 10.6 Å². The van der Waals surface area contributed by atoms with Gasteiger partial charge in [0.25, 0.3) is 10.0 Å². The summed E-state index contributed by atoms with van der Waals surface area (Å²) >= 11 is 6.11. The summed E-state index contributed by atoms with van der Waals surface area (Å²) in [5.41, 5.74) is 1.11. The van der Waals surface area contributed by atoms with Crippen molar-refractivity contribution in [3.63, 3.8) is 0 Å². The quantitative estimate of drug-likeness (QED) is 0.437. The zero-order chi connectivity index (χ0) is 23.1. The van der Waals surface area contributed by atoms with Crippen molar-refractivity contribution in [1.29, 1.82) is 0 Å². The van der Waals surface area contributed by atoms with Gasteiger partial charge in [0.05, 0.1) is 12.1 Å². The highest BCUT2D eigenvalue weighted by atomic mass is 35.5. The summed E-state index contributed by atoms with van der Waals surface area (Å²) in [6.07, 6.45) is -0.00382. The smallest absolute Gasteiger partial charge is 0.263 e. The Morgan fingerprint density at radius 3 is 2.22 bits per heavy atom. The van der Waals surface area contributed by atoms with Crippen molar-refractivity contribution < 1.29 is 22.7 Å². The van der Waals surface area contributed by atoms with Crippen LogP contribution in [0.1, 0.15) is 23.2 Å². The van der Waals surface area contributed by atoms with Crippen LogP contribution in [0.3, 0.4) is 0 Å². The molecule has 3 aromatic carbocycles. The first kappa shape index (κ1) is 23.3. The second-order valence-electron chi connectivity index (χ2n) is 6.82. The lowest BCUT2D eigenvalue weighted by Gasteiger charge is -2.12. The summed E-state index contributed by atoms with van der Waals surface area (Å²) in [6.45, 7) is 0. The molecule has 0 fully saturated rings. The van der Waals surface area contributed by atoms with Crippen LogP contribution in [0.4, 0.5) is 11.4 Å². The highest BCUT2D eigenvalue weighted by molar-refractivity contribution is 7.92. The molecule has 0 atom stereocenters. The van der Waals surface area contributed by atoms with Crippen LogP contribution in [0, 0.1) is 0 Å². The highest BCUT2D eigenvalue weighted by Gasteiger charge is 2.19. The van der Waals surface area contributed by atoms with Crippen LogP contribution in [0.2, 0.25) is 5.02 Å². The SMILES string of the molecule is COc1ccc(NS(=O)(=O)c2cc(NC(=O)CCC(=O)c3ccccc3)ccc2Cl)cc1. The molecule has 32 heavy (non-hydrogen) atoms. The molecule has 0 radical (unpaired) electrons. The molecule has 0 aliphatic carbocycles. The molecule has 0 saturated heterocycles. The molecular weight excluding hydrogens is 452 g/mol. The number of sulfonamides is 1. The Balaban J connectivity index is 1.67. The molecule has 3 aromatic rings. The van der Waals surface area contributed by atoms with E-state index in [9.17, 15) is 18.0 Å². The fourth-order valence-electron chi connectivity index (χ4n) is 2.88. The molecule has 1 amide bonds. The van der Waals surface area contributed by atoms with Gasteiger partial charge in [-0.3, -0.25) is 14.3 Å². The molecule has 0 unspecified atom stereocenters. The monoisotopic (exact) mass is 472 g/mol. The number of carbonyl (C=O) groups is 2. The minimum Gasteiger partial charge on any atom is -0.497 e. The zero-order valence-electron chi connectivity index (χ0n) is 17.2. The lowest BCUT2D eigenvalue weighted by Crippen LogP contribution is -2.16. The van der Waals surface area contributed by atoms with Gasteiger partial charge in [-0.15, -0.1) is 0 Å². The average molecular weight is 473 g/mol. The molecule has 166 valence electrons. The van der Waals surface area contributed by atoms with Gasteiger partial charge < -0.3 is 10.1 Å². The van der Waals surface area contributed by atoms with Gasteiger partial charge in [-0.2, -0.15) is 0 Å². The molecule has 0 saturated carbocycles. The van der Waals surface area contributed by atoms with Gasteiger partial charge in [0.2, 0.25) is 5.91 Å². The lowest BCUT2D eigenvalue weighted by atomic mass is 10.1. The Hall–Kier alpha value is -3.36. The third kappa shape index (κ3) is 6.09. The van der Waals surface area contributed by atoms with Crippen molar-refractivity contribution in [1.82, 2.24) is 0 Å². The van der Waals surface area contributed by atoms with Gasteiger partial charge in [-0.25, -0.2) is 8.42 Å². The summed E-state index contributed by atoms with van der Waals surface area (Å²) in [5.74, 6) is 0.0216. The summed E-state index contributed by atoms with van der Waals surface area (Å²) < 4.78 is 33.1. The predicted octanol–water partition coefficient (Wildman–Crippen LogP) is 4.75. The summed E-state index contributed by atoms with van der Waals surface area (Å²) in [5, 5.41) is 2.61. The van der Waals surface area contributed by atoms with E-state index in [1.807, 2.05) is 0 Å². The van der Waals surface area contributed by atoms with Crippen molar-refractivity contribution in [3.8, 4) is 5.75 Å². The first-order chi connectivity index (χ1) is 15.3. The Labute approximate surface area is 191 Å². The second-order valence-corrected chi connectivity index (χ2v) is 8.87. The van der Waals surface area contributed by atoms with E-state index in [0.29, 0.717) is 17.0 Å².